The highest BCUT2D eigenvalue weighted by Crippen LogP contribution is 2.20. The molecule has 1 rings (SSSR count). The molecule has 0 unspecified atom stereocenters. The van der Waals surface area contributed by atoms with Crippen molar-refractivity contribution in [1.29, 1.82) is 0 Å². The molecule has 0 radical (unpaired) electrons. The van der Waals surface area contributed by atoms with Crippen LogP contribution in [0.4, 0.5) is 0 Å². The van der Waals surface area contributed by atoms with Crippen molar-refractivity contribution in [2.75, 3.05) is 13.2 Å². The van der Waals surface area contributed by atoms with Gasteiger partial charge < -0.3 is 10.4 Å². The van der Waals surface area contributed by atoms with Crippen LogP contribution >= 0.6 is 11.3 Å². The molecule has 0 aliphatic carbocycles. The maximum absolute atomic E-state index is 11.7. The maximum atomic E-state index is 11.7. The average molecular weight is 286 g/mol. The Bertz CT molecular complexity index is 476. The SMILES string of the molecule is Cc1csc(=O)n1CC(=O)NCCCC(C)(C)CO. The molecule has 108 valence electrons. The van der Waals surface area contributed by atoms with Crippen molar-refractivity contribution in [1.82, 2.24) is 9.88 Å². The molecule has 0 saturated carbocycles. The Morgan fingerprint density at radius 1 is 1.53 bits per heavy atom. The zero-order chi connectivity index (χ0) is 14.5. The van der Waals surface area contributed by atoms with Gasteiger partial charge in [0.05, 0.1) is 0 Å². The van der Waals surface area contributed by atoms with Gasteiger partial charge in [0.15, 0.2) is 0 Å². The Hall–Kier alpha value is -1.14. The van der Waals surface area contributed by atoms with Gasteiger partial charge in [-0.1, -0.05) is 25.2 Å². The summed E-state index contributed by atoms with van der Waals surface area (Å²) in [7, 11) is 0. The van der Waals surface area contributed by atoms with E-state index in [1.807, 2.05) is 20.8 Å². The van der Waals surface area contributed by atoms with E-state index in [1.165, 1.54) is 4.57 Å². The molecule has 0 spiro atoms. The van der Waals surface area contributed by atoms with Crippen molar-refractivity contribution >= 4 is 17.2 Å². The third-order valence-electron chi connectivity index (χ3n) is 3.06. The summed E-state index contributed by atoms with van der Waals surface area (Å²) in [5.74, 6) is -0.148. The molecule has 1 heterocycles. The molecule has 6 heteroatoms. The first kappa shape index (κ1) is 15.9. The predicted molar refractivity (Wildman–Crippen MR) is 76.4 cm³/mol. The van der Waals surface area contributed by atoms with E-state index in [4.69, 9.17) is 5.11 Å². The molecule has 2 N–H and O–H groups in total. The van der Waals surface area contributed by atoms with E-state index in [2.05, 4.69) is 5.32 Å². The lowest BCUT2D eigenvalue weighted by atomic mass is 9.89. The second-order valence-corrected chi connectivity index (χ2v) is 6.33. The van der Waals surface area contributed by atoms with Crippen LogP contribution in [0, 0.1) is 12.3 Å². The van der Waals surface area contributed by atoms with Gasteiger partial charge in [-0.15, -0.1) is 0 Å². The Morgan fingerprint density at radius 2 is 2.21 bits per heavy atom. The normalized spacial score (nSPS) is 11.6. The van der Waals surface area contributed by atoms with Crippen LogP contribution in [0.1, 0.15) is 32.4 Å². The number of hydrogen-bond donors (Lipinski definition) is 2. The monoisotopic (exact) mass is 286 g/mol. The smallest absolute Gasteiger partial charge is 0.307 e. The predicted octanol–water partition coefficient (Wildman–Crippen LogP) is 1.13. The summed E-state index contributed by atoms with van der Waals surface area (Å²) >= 11 is 1.11. The number of aryl methyl sites for hydroxylation is 1. The number of hydrogen-bond acceptors (Lipinski definition) is 4. The van der Waals surface area contributed by atoms with Gasteiger partial charge >= 0.3 is 4.87 Å². The minimum Gasteiger partial charge on any atom is -0.396 e. The largest absolute Gasteiger partial charge is 0.396 e. The van der Waals surface area contributed by atoms with Crippen molar-refractivity contribution in [3.05, 3.63) is 20.7 Å². The number of aromatic nitrogens is 1. The lowest BCUT2D eigenvalue weighted by Gasteiger charge is -2.21. The van der Waals surface area contributed by atoms with E-state index < -0.39 is 0 Å². The molecule has 0 aliphatic heterocycles. The van der Waals surface area contributed by atoms with Gasteiger partial charge in [-0.2, -0.15) is 0 Å². The van der Waals surface area contributed by atoms with Crippen molar-refractivity contribution in [2.24, 2.45) is 5.41 Å². The lowest BCUT2D eigenvalue weighted by molar-refractivity contribution is -0.121. The third-order valence-corrected chi connectivity index (χ3v) is 3.94. The number of rotatable bonds is 7. The Balaban J connectivity index is 2.32. The van der Waals surface area contributed by atoms with E-state index in [9.17, 15) is 9.59 Å². The highest BCUT2D eigenvalue weighted by Gasteiger charge is 2.15. The summed E-state index contributed by atoms with van der Waals surface area (Å²) in [6.07, 6.45) is 1.66. The van der Waals surface area contributed by atoms with Crippen molar-refractivity contribution in [3.8, 4) is 0 Å². The molecule has 1 aromatic heterocycles. The molecule has 0 fully saturated rings. The van der Waals surface area contributed by atoms with Gasteiger partial charge in [0.25, 0.3) is 0 Å². The van der Waals surface area contributed by atoms with Crippen molar-refractivity contribution in [3.63, 3.8) is 0 Å². The molecular weight excluding hydrogens is 264 g/mol. The summed E-state index contributed by atoms with van der Waals surface area (Å²) in [5, 5.41) is 13.7. The summed E-state index contributed by atoms with van der Waals surface area (Å²) in [4.78, 5) is 23.0. The van der Waals surface area contributed by atoms with Crippen LogP contribution in [0.15, 0.2) is 10.2 Å². The molecule has 0 atom stereocenters. The summed E-state index contributed by atoms with van der Waals surface area (Å²) in [6, 6.07) is 0. The first-order valence-electron chi connectivity index (χ1n) is 6.38. The Kier molecular flexibility index (Phi) is 5.75. The molecule has 0 aromatic carbocycles. The van der Waals surface area contributed by atoms with Gasteiger partial charge in [-0.05, 0) is 25.2 Å². The fourth-order valence-corrected chi connectivity index (χ4v) is 2.40. The van der Waals surface area contributed by atoms with E-state index in [0.717, 1.165) is 29.9 Å². The number of aliphatic hydroxyl groups excluding tert-OH is 1. The summed E-state index contributed by atoms with van der Waals surface area (Å²) in [5.41, 5.74) is 0.706. The van der Waals surface area contributed by atoms with Crippen molar-refractivity contribution in [2.45, 2.75) is 40.2 Å². The quantitative estimate of drug-likeness (QED) is 0.738. The number of aliphatic hydroxyl groups is 1. The minimum atomic E-state index is -0.148. The van der Waals surface area contributed by atoms with Crippen LogP contribution in [0.3, 0.4) is 0 Å². The van der Waals surface area contributed by atoms with Crippen LogP contribution in [0.2, 0.25) is 0 Å². The molecular formula is C13H22N2O3S. The van der Waals surface area contributed by atoms with Gasteiger partial charge in [-0.3, -0.25) is 14.2 Å². The van der Waals surface area contributed by atoms with Gasteiger partial charge in [0.2, 0.25) is 5.91 Å². The summed E-state index contributed by atoms with van der Waals surface area (Å²) < 4.78 is 1.47. The first-order chi connectivity index (χ1) is 8.85. The molecule has 0 aliphatic rings. The molecule has 19 heavy (non-hydrogen) atoms. The second-order valence-electron chi connectivity index (χ2n) is 5.50. The highest BCUT2D eigenvalue weighted by atomic mass is 32.1. The molecule has 0 bridgehead atoms. The van der Waals surface area contributed by atoms with Gasteiger partial charge in [0, 0.05) is 24.2 Å². The fourth-order valence-electron chi connectivity index (χ4n) is 1.67. The van der Waals surface area contributed by atoms with Gasteiger partial charge in [-0.25, -0.2) is 0 Å². The topological polar surface area (TPSA) is 71.3 Å². The second kappa shape index (κ2) is 6.86. The van der Waals surface area contributed by atoms with Crippen LogP contribution in [0.25, 0.3) is 0 Å². The standard InChI is InChI=1S/C13H22N2O3S/c1-10-8-19-12(18)15(10)7-11(17)14-6-4-5-13(2,3)9-16/h8,16H,4-7,9H2,1-3H3,(H,14,17). The van der Waals surface area contributed by atoms with E-state index in [1.54, 1.807) is 5.38 Å². The first-order valence-corrected chi connectivity index (χ1v) is 7.26. The van der Waals surface area contributed by atoms with Crippen LogP contribution in [0.5, 0.6) is 0 Å². The number of carbonyl (C=O) groups is 1. The number of amides is 1. The molecule has 0 saturated heterocycles. The Morgan fingerprint density at radius 3 is 2.74 bits per heavy atom. The van der Waals surface area contributed by atoms with E-state index in [0.29, 0.717) is 6.54 Å². The molecule has 1 amide bonds. The fraction of sp³-hybridized carbons (Fsp3) is 0.692. The van der Waals surface area contributed by atoms with Gasteiger partial charge in [0.1, 0.15) is 6.54 Å². The third kappa shape index (κ3) is 5.16. The number of nitrogens with zero attached hydrogens (tertiary/aromatic N) is 1. The van der Waals surface area contributed by atoms with Crippen molar-refractivity contribution < 1.29 is 9.90 Å². The zero-order valence-electron chi connectivity index (χ0n) is 11.7. The molecule has 1 aromatic rings. The Labute approximate surface area is 117 Å². The highest BCUT2D eigenvalue weighted by molar-refractivity contribution is 7.07. The maximum Gasteiger partial charge on any atom is 0.307 e. The van der Waals surface area contributed by atoms with E-state index >= 15 is 0 Å². The number of carbonyl (C=O) groups excluding carboxylic acids is 1. The van der Waals surface area contributed by atoms with Crippen LogP contribution in [-0.2, 0) is 11.3 Å². The summed E-state index contributed by atoms with van der Waals surface area (Å²) in [6.45, 7) is 6.59. The average Bonchev–Trinajstić information content (AvgIpc) is 2.66. The zero-order valence-corrected chi connectivity index (χ0v) is 12.5. The lowest BCUT2D eigenvalue weighted by Crippen LogP contribution is -2.32. The number of nitrogens with one attached hydrogen (secondary N) is 1. The molecule has 5 nitrogen and oxygen atoms in total. The van der Waals surface area contributed by atoms with E-state index in [-0.39, 0.29) is 29.3 Å². The minimum absolute atomic E-state index is 0.0809. The number of thiazole rings is 1. The van der Waals surface area contributed by atoms with Crippen LogP contribution in [-0.4, -0.2) is 28.7 Å². The van der Waals surface area contributed by atoms with Crippen LogP contribution < -0.4 is 10.2 Å².